The molecule has 0 unspecified atom stereocenters. The Hall–Kier alpha value is -1.55. The monoisotopic (exact) mass is 245 g/mol. The van der Waals surface area contributed by atoms with Gasteiger partial charge in [-0.1, -0.05) is 23.9 Å². The van der Waals surface area contributed by atoms with E-state index in [1.54, 1.807) is 11.8 Å². The van der Waals surface area contributed by atoms with Crippen LogP contribution in [0.1, 0.15) is 16.8 Å². The second-order valence-electron chi connectivity index (χ2n) is 4.08. The van der Waals surface area contributed by atoms with Crippen LogP contribution in [0.3, 0.4) is 0 Å². The molecule has 0 aliphatic rings. The molecule has 2 aromatic rings. The number of hydrogen-bond acceptors (Lipinski definition) is 4. The fraction of sp³-hybridized carbons (Fsp3) is 0.231. The molecule has 0 radical (unpaired) electrons. The van der Waals surface area contributed by atoms with Gasteiger partial charge in [-0.3, -0.25) is 0 Å². The smallest absolute Gasteiger partial charge is 0.221 e. The lowest BCUT2D eigenvalue weighted by Gasteiger charge is -2.07. The predicted octanol–water partition coefficient (Wildman–Crippen LogP) is 3.14. The SMILES string of the molecule is Cc1ccc(C)c(Sc2cc(C)nc(N)n2)c1. The van der Waals surface area contributed by atoms with Crippen molar-refractivity contribution in [2.24, 2.45) is 0 Å². The minimum atomic E-state index is 0.331. The summed E-state index contributed by atoms with van der Waals surface area (Å²) in [6.07, 6.45) is 0. The lowest BCUT2D eigenvalue weighted by Crippen LogP contribution is -1.97. The van der Waals surface area contributed by atoms with Gasteiger partial charge in [0, 0.05) is 10.6 Å². The quantitative estimate of drug-likeness (QED) is 0.826. The zero-order chi connectivity index (χ0) is 12.4. The van der Waals surface area contributed by atoms with Gasteiger partial charge in [0.05, 0.1) is 0 Å². The Balaban J connectivity index is 2.34. The molecule has 17 heavy (non-hydrogen) atoms. The molecule has 0 saturated heterocycles. The van der Waals surface area contributed by atoms with Gasteiger partial charge in [0.25, 0.3) is 0 Å². The Morgan fingerprint density at radius 3 is 2.53 bits per heavy atom. The van der Waals surface area contributed by atoms with Gasteiger partial charge >= 0.3 is 0 Å². The second-order valence-corrected chi connectivity index (χ2v) is 5.14. The molecule has 0 aliphatic heterocycles. The third-order valence-electron chi connectivity index (χ3n) is 2.41. The number of anilines is 1. The van der Waals surface area contributed by atoms with Gasteiger partial charge in [-0.05, 0) is 44.0 Å². The molecule has 2 N–H and O–H groups in total. The molecule has 0 atom stereocenters. The minimum absolute atomic E-state index is 0.331. The zero-order valence-corrected chi connectivity index (χ0v) is 11.0. The highest BCUT2D eigenvalue weighted by molar-refractivity contribution is 7.99. The zero-order valence-electron chi connectivity index (χ0n) is 10.2. The molecule has 1 heterocycles. The largest absolute Gasteiger partial charge is 0.368 e. The topological polar surface area (TPSA) is 51.8 Å². The Morgan fingerprint density at radius 2 is 1.82 bits per heavy atom. The van der Waals surface area contributed by atoms with E-state index < -0.39 is 0 Å². The van der Waals surface area contributed by atoms with Gasteiger partial charge in [-0.25, -0.2) is 9.97 Å². The van der Waals surface area contributed by atoms with Crippen LogP contribution in [0.25, 0.3) is 0 Å². The second kappa shape index (κ2) is 4.75. The highest BCUT2D eigenvalue weighted by Crippen LogP contribution is 2.30. The number of aromatic nitrogens is 2. The van der Waals surface area contributed by atoms with E-state index in [0.29, 0.717) is 5.95 Å². The molecule has 88 valence electrons. The number of rotatable bonds is 2. The summed E-state index contributed by atoms with van der Waals surface area (Å²) in [5, 5.41) is 0.892. The van der Waals surface area contributed by atoms with Crippen molar-refractivity contribution in [1.82, 2.24) is 9.97 Å². The van der Waals surface area contributed by atoms with Gasteiger partial charge < -0.3 is 5.73 Å². The van der Waals surface area contributed by atoms with Crippen molar-refractivity contribution in [1.29, 1.82) is 0 Å². The molecule has 0 amide bonds. The standard InChI is InChI=1S/C13H15N3S/c1-8-4-5-9(2)11(6-8)17-12-7-10(3)15-13(14)16-12/h4-7H,1-3H3,(H2,14,15,16). The van der Waals surface area contributed by atoms with Crippen LogP contribution in [0, 0.1) is 20.8 Å². The predicted molar refractivity (Wildman–Crippen MR) is 71.2 cm³/mol. The molecule has 1 aromatic heterocycles. The summed E-state index contributed by atoms with van der Waals surface area (Å²) in [6, 6.07) is 8.34. The fourth-order valence-electron chi connectivity index (χ4n) is 1.54. The Morgan fingerprint density at radius 1 is 1.06 bits per heavy atom. The first kappa shape index (κ1) is 11.9. The summed E-state index contributed by atoms with van der Waals surface area (Å²) in [5.74, 6) is 0.331. The molecule has 0 saturated carbocycles. The van der Waals surface area contributed by atoms with Gasteiger partial charge in [-0.15, -0.1) is 0 Å². The van der Waals surface area contributed by atoms with Gasteiger partial charge in [0.1, 0.15) is 5.03 Å². The van der Waals surface area contributed by atoms with E-state index in [0.717, 1.165) is 10.7 Å². The number of hydrogen-bond donors (Lipinski definition) is 1. The number of nitrogen functional groups attached to an aromatic ring is 1. The van der Waals surface area contributed by atoms with Crippen molar-refractivity contribution >= 4 is 17.7 Å². The van der Waals surface area contributed by atoms with Crippen LogP contribution in [-0.4, -0.2) is 9.97 Å². The molecule has 3 nitrogen and oxygen atoms in total. The van der Waals surface area contributed by atoms with E-state index in [1.165, 1.54) is 16.0 Å². The van der Waals surface area contributed by atoms with Crippen molar-refractivity contribution in [2.45, 2.75) is 30.7 Å². The molecular formula is C13H15N3S. The van der Waals surface area contributed by atoms with Gasteiger partial charge in [0.2, 0.25) is 5.95 Å². The third-order valence-corrected chi connectivity index (χ3v) is 3.48. The van der Waals surface area contributed by atoms with E-state index in [1.807, 2.05) is 13.0 Å². The van der Waals surface area contributed by atoms with Crippen molar-refractivity contribution in [3.8, 4) is 0 Å². The summed E-state index contributed by atoms with van der Waals surface area (Å²) in [6.45, 7) is 6.10. The van der Waals surface area contributed by atoms with Crippen LogP contribution < -0.4 is 5.73 Å². The molecule has 0 aliphatic carbocycles. The maximum atomic E-state index is 5.65. The first-order valence-corrected chi connectivity index (χ1v) is 6.22. The minimum Gasteiger partial charge on any atom is -0.368 e. The Kier molecular flexibility index (Phi) is 3.33. The average molecular weight is 245 g/mol. The maximum Gasteiger partial charge on any atom is 0.221 e. The molecule has 0 spiro atoms. The Labute approximate surface area is 105 Å². The average Bonchev–Trinajstić information content (AvgIpc) is 2.22. The lowest BCUT2D eigenvalue weighted by atomic mass is 10.2. The normalized spacial score (nSPS) is 10.5. The molecule has 2 rings (SSSR count). The van der Waals surface area contributed by atoms with E-state index >= 15 is 0 Å². The van der Waals surface area contributed by atoms with Crippen LogP contribution in [0.2, 0.25) is 0 Å². The summed E-state index contributed by atoms with van der Waals surface area (Å²) in [7, 11) is 0. The van der Waals surface area contributed by atoms with E-state index in [2.05, 4.69) is 42.0 Å². The van der Waals surface area contributed by atoms with Crippen LogP contribution in [0.5, 0.6) is 0 Å². The molecule has 0 fully saturated rings. The molecule has 4 heteroatoms. The van der Waals surface area contributed by atoms with Gasteiger partial charge in [-0.2, -0.15) is 0 Å². The van der Waals surface area contributed by atoms with Crippen molar-refractivity contribution in [2.75, 3.05) is 5.73 Å². The van der Waals surface area contributed by atoms with Crippen LogP contribution >= 0.6 is 11.8 Å². The first-order chi connectivity index (χ1) is 8.04. The van der Waals surface area contributed by atoms with Crippen LogP contribution in [0.15, 0.2) is 34.2 Å². The van der Waals surface area contributed by atoms with Crippen molar-refractivity contribution in [3.63, 3.8) is 0 Å². The fourth-order valence-corrected chi connectivity index (χ4v) is 2.61. The first-order valence-electron chi connectivity index (χ1n) is 5.41. The number of benzene rings is 1. The van der Waals surface area contributed by atoms with E-state index in [9.17, 15) is 0 Å². The number of aryl methyl sites for hydroxylation is 3. The number of nitrogens with two attached hydrogens (primary N) is 1. The summed E-state index contributed by atoms with van der Waals surface area (Å²) >= 11 is 1.63. The van der Waals surface area contributed by atoms with E-state index in [-0.39, 0.29) is 0 Å². The maximum absolute atomic E-state index is 5.65. The third kappa shape index (κ3) is 2.97. The van der Waals surface area contributed by atoms with Crippen molar-refractivity contribution < 1.29 is 0 Å². The highest BCUT2D eigenvalue weighted by atomic mass is 32.2. The number of nitrogens with zero attached hydrogens (tertiary/aromatic N) is 2. The van der Waals surface area contributed by atoms with Crippen LogP contribution in [-0.2, 0) is 0 Å². The molecular weight excluding hydrogens is 230 g/mol. The lowest BCUT2D eigenvalue weighted by molar-refractivity contribution is 1.02. The highest BCUT2D eigenvalue weighted by Gasteiger charge is 2.05. The summed E-state index contributed by atoms with van der Waals surface area (Å²) < 4.78 is 0. The molecule has 0 bridgehead atoms. The van der Waals surface area contributed by atoms with Crippen molar-refractivity contribution in [3.05, 3.63) is 41.1 Å². The van der Waals surface area contributed by atoms with Gasteiger partial charge in [0.15, 0.2) is 0 Å². The Bertz CT molecular complexity index is 532. The summed E-state index contributed by atoms with van der Waals surface area (Å²) in [5.41, 5.74) is 9.03. The van der Waals surface area contributed by atoms with E-state index in [4.69, 9.17) is 5.73 Å². The van der Waals surface area contributed by atoms with Crippen LogP contribution in [0.4, 0.5) is 5.95 Å². The molecule has 1 aromatic carbocycles. The summed E-state index contributed by atoms with van der Waals surface area (Å²) in [4.78, 5) is 9.51.